The fraction of sp³-hybridized carbons (Fsp3) is 0.308. The fourth-order valence-electron chi connectivity index (χ4n) is 2.02. The number of rotatable bonds is 3. The van der Waals surface area contributed by atoms with E-state index in [4.69, 9.17) is 0 Å². The molecule has 2 rings (SSSR count). The van der Waals surface area contributed by atoms with Gasteiger partial charge in [0.2, 0.25) is 0 Å². The highest BCUT2D eigenvalue weighted by atomic mass is 79.9. The Bertz CT molecular complexity index is 553. The number of ketones is 1. The number of amides is 2. The van der Waals surface area contributed by atoms with Crippen molar-refractivity contribution in [2.45, 2.75) is 26.3 Å². The number of nitrogens with zero attached hydrogens (tertiary/aromatic N) is 1. The zero-order valence-corrected chi connectivity index (χ0v) is 11.7. The molecule has 18 heavy (non-hydrogen) atoms. The lowest BCUT2D eigenvalue weighted by Crippen LogP contribution is -2.42. The molecule has 94 valence electrons. The first-order valence-corrected chi connectivity index (χ1v) is 6.46. The molecule has 1 aliphatic rings. The van der Waals surface area contributed by atoms with Crippen LogP contribution in [0.5, 0.6) is 0 Å². The van der Waals surface area contributed by atoms with Crippen LogP contribution in [0, 0.1) is 0 Å². The van der Waals surface area contributed by atoms with Gasteiger partial charge < -0.3 is 0 Å². The molecule has 1 aromatic rings. The van der Waals surface area contributed by atoms with Crippen molar-refractivity contribution in [1.82, 2.24) is 4.90 Å². The number of hydrogen-bond donors (Lipinski definition) is 0. The van der Waals surface area contributed by atoms with E-state index < -0.39 is 17.9 Å². The number of carbonyl (C=O) groups excluding carboxylic acids is 3. The van der Waals surface area contributed by atoms with Crippen LogP contribution >= 0.6 is 15.9 Å². The second kappa shape index (κ2) is 4.65. The van der Waals surface area contributed by atoms with E-state index in [0.29, 0.717) is 17.5 Å². The van der Waals surface area contributed by atoms with Crippen molar-refractivity contribution >= 4 is 33.5 Å². The number of benzene rings is 1. The number of Topliss-reactive ketones (excluding diaryl/α,β-unsaturated/α-hetero) is 1. The summed E-state index contributed by atoms with van der Waals surface area (Å²) in [6.07, 6.45) is 0.304. The standard InChI is InChI=1S/C13H12BrNO3/c1-3-11(16)7(2)15-12(17)9-5-4-8(14)6-10(9)13(15)18/h4-7H,3H2,1-2H3. The van der Waals surface area contributed by atoms with E-state index in [9.17, 15) is 14.4 Å². The molecule has 0 aliphatic carbocycles. The quantitative estimate of drug-likeness (QED) is 0.806. The predicted molar refractivity (Wildman–Crippen MR) is 69.4 cm³/mol. The number of imide groups is 1. The number of hydrogen-bond acceptors (Lipinski definition) is 3. The van der Waals surface area contributed by atoms with E-state index >= 15 is 0 Å². The van der Waals surface area contributed by atoms with Crippen molar-refractivity contribution in [2.75, 3.05) is 0 Å². The molecule has 0 N–H and O–H groups in total. The third-order valence-corrected chi connectivity index (χ3v) is 3.58. The Labute approximate surface area is 113 Å². The minimum Gasteiger partial charge on any atom is -0.297 e. The maximum Gasteiger partial charge on any atom is 0.262 e. The summed E-state index contributed by atoms with van der Waals surface area (Å²) < 4.78 is 0.735. The van der Waals surface area contributed by atoms with E-state index in [-0.39, 0.29) is 5.78 Å². The Balaban J connectivity index is 2.43. The van der Waals surface area contributed by atoms with Crippen molar-refractivity contribution in [1.29, 1.82) is 0 Å². The molecule has 0 saturated carbocycles. The van der Waals surface area contributed by atoms with Gasteiger partial charge in [-0.3, -0.25) is 19.3 Å². The molecule has 5 heteroatoms. The van der Waals surface area contributed by atoms with Gasteiger partial charge in [0.1, 0.15) is 0 Å². The lowest BCUT2D eigenvalue weighted by molar-refractivity contribution is -0.122. The van der Waals surface area contributed by atoms with Crippen LogP contribution in [-0.4, -0.2) is 28.5 Å². The van der Waals surface area contributed by atoms with Crippen LogP contribution in [0.1, 0.15) is 41.0 Å². The molecule has 1 heterocycles. The topological polar surface area (TPSA) is 54.5 Å². The van der Waals surface area contributed by atoms with E-state index in [0.717, 1.165) is 9.37 Å². The van der Waals surface area contributed by atoms with Gasteiger partial charge in [0, 0.05) is 10.9 Å². The zero-order chi connectivity index (χ0) is 13.4. The molecule has 0 saturated heterocycles. The monoisotopic (exact) mass is 309 g/mol. The highest BCUT2D eigenvalue weighted by molar-refractivity contribution is 9.10. The molecule has 4 nitrogen and oxygen atoms in total. The Morgan fingerprint density at radius 1 is 1.28 bits per heavy atom. The van der Waals surface area contributed by atoms with Crippen molar-refractivity contribution < 1.29 is 14.4 Å². The van der Waals surface area contributed by atoms with Gasteiger partial charge in [0.25, 0.3) is 11.8 Å². The fourth-order valence-corrected chi connectivity index (χ4v) is 2.38. The molecular weight excluding hydrogens is 298 g/mol. The van der Waals surface area contributed by atoms with Crippen LogP contribution < -0.4 is 0 Å². The molecule has 1 aromatic carbocycles. The number of halogens is 1. The Hall–Kier alpha value is -1.49. The van der Waals surface area contributed by atoms with Gasteiger partial charge in [-0.25, -0.2) is 0 Å². The van der Waals surface area contributed by atoms with Gasteiger partial charge in [-0.1, -0.05) is 22.9 Å². The van der Waals surface area contributed by atoms with Gasteiger partial charge in [0.15, 0.2) is 5.78 Å². The lowest BCUT2D eigenvalue weighted by atomic mass is 10.1. The molecule has 0 radical (unpaired) electrons. The minimum atomic E-state index is -0.707. The first-order chi connectivity index (χ1) is 8.47. The van der Waals surface area contributed by atoms with Crippen molar-refractivity contribution in [3.63, 3.8) is 0 Å². The number of carbonyl (C=O) groups is 3. The van der Waals surface area contributed by atoms with Crippen molar-refractivity contribution in [3.8, 4) is 0 Å². The second-order valence-corrected chi connectivity index (χ2v) is 5.08. The van der Waals surface area contributed by atoms with E-state index in [1.165, 1.54) is 0 Å². The summed E-state index contributed by atoms with van der Waals surface area (Å²) in [4.78, 5) is 37.0. The van der Waals surface area contributed by atoms with E-state index in [1.807, 2.05) is 0 Å². The molecule has 2 amide bonds. The van der Waals surface area contributed by atoms with Crippen LogP contribution in [0.2, 0.25) is 0 Å². The summed E-state index contributed by atoms with van der Waals surface area (Å²) in [5.41, 5.74) is 0.712. The third-order valence-electron chi connectivity index (χ3n) is 3.08. The Morgan fingerprint density at radius 3 is 2.50 bits per heavy atom. The second-order valence-electron chi connectivity index (χ2n) is 4.17. The molecule has 0 bridgehead atoms. The van der Waals surface area contributed by atoms with Gasteiger partial charge in [0.05, 0.1) is 17.2 Å². The third kappa shape index (κ3) is 1.88. The van der Waals surface area contributed by atoms with Gasteiger partial charge in [-0.15, -0.1) is 0 Å². The highest BCUT2D eigenvalue weighted by Gasteiger charge is 2.40. The average Bonchev–Trinajstić information content (AvgIpc) is 2.60. The first-order valence-electron chi connectivity index (χ1n) is 5.67. The number of fused-ring (bicyclic) bond motifs is 1. The van der Waals surface area contributed by atoms with Gasteiger partial charge >= 0.3 is 0 Å². The van der Waals surface area contributed by atoms with Gasteiger partial charge in [-0.2, -0.15) is 0 Å². The SMILES string of the molecule is CCC(=O)C(C)N1C(=O)c2ccc(Br)cc2C1=O. The minimum absolute atomic E-state index is 0.122. The van der Waals surface area contributed by atoms with E-state index in [2.05, 4.69) is 15.9 Å². The zero-order valence-electron chi connectivity index (χ0n) is 10.1. The molecule has 0 aromatic heterocycles. The van der Waals surface area contributed by atoms with Crippen molar-refractivity contribution in [3.05, 3.63) is 33.8 Å². The maximum absolute atomic E-state index is 12.2. The van der Waals surface area contributed by atoms with E-state index in [1.54, 1.807) is 32.0 Å². The van der Waals surface area contributed by atoms with Gasteiger partial charge in [-0.05, 0) is 25.1 Å². The summed E-state index contributed by atoms with van der Waals surface area (Å²) in [6.45, 7) is 3.30. The smallest absolute Gasteiger partial charge is 0.262 e. The maximum atomic E-state index is 12.2. The van der Waals surface area contributed by atoms with Crippen LogP contribution in [0.15, 0.2) is 22.7 Å². The molecule has 1 aliphatic heterocycles. The molecule has 0 spiro atoms. The largest absolute Gasteiger partial charge is 0.297 e. The molecule has 0 fully saturated rings. The van der Waals surface area contributed by atoms with Crippen LogP contribution in [-0.2, 0) is 4.79 Å². The van der Waals surface area contributed by atoms with Crippen LogP contribution in [0.4, 0.5) is 0 Å². The molecule has 1 atom stereocenters. The molecular formula is C13H12BrNO3. The summed E-state index contributed by atoms with van der Waals surface area (Å²) in [5.74, 6) is -0.911. The summed E-state index contributed by atoms with van der Waals surface area (Å²) in [7, 11) is 0. The summed E-state index contributed by atoms with van der Waals surface area (Å²) in [5, 5.41) is 0. The summed E-state index contributed by atoms with van der Waals surface area (Å²) >= 11 is 3.26. The predicted octanol–water partition coefficient (Wildman–Crippen LogP) is 2.41. The van der Waals surface area contributed by atoms with Crippen LogP contribution in [0.3, 0.4) is 0 Å². The Kier molecular flexibility index (Phi) is 3.34. The average molecular weight is 310 g/mol. The molecule has 1 unspecified atom stereocenters. The normalized spacial score (nSPS) is 15.8. The van der Waals surface area contributed by atoms with Crippen molar-refractivity contribution in [2.24, 2.45) is 0 Å². The highest BCUT2D eigenvalue weighted by Crippen LogP contribution is 2.27. The Morgan fingerprint density at radius 2 is 1.89 bits per heavy atom. The summed E-state index contributed by atoms with van der Waals surface area (Å²) in [6, 6.07) is 4.21. The van der Waals surface area contributed by atoms with Crippen LogP contribution in [0.25, 0.3) is 0 Å². The lowest BCUT2D eigenvalue weighted by Gasteiger charge is -2.20. The first kappa shape index (κ1) is 13.0.